The number of nitrogens with zero attached hydrogens (tertiary/aromatic N) is 3. The van der Waals surface area contributed by atoms with Gasteiger partial charge in [0, 0.05) is 12.5 Å². The van der Waals surface area contributed by atoms with Gasteiger partial charge in [0.05, 0.1) is 19.0 Å². The largest absolute Gasteiger partial charge is 0.464 e. The molecule has 0 bridgehead atoms. The second-order valence-electron chi connectivity index (χ2n) is 5.13. The molecule has 1 unspecified atom stereocenters. The number of aromatic nitrogens is 3. The Kier molecular flexibility index (Phi) is 4.44. The summed E-state index contributed by atoms with van der Waals surface area (Å²) in [5, 5.41) is 9.89. The molecule has 2 heterocycles. The minimum Gasteiger partial charge on any atom is -0.464 e. The lowest BCUT2D eigenvalue weighted by atomic mass is 10.1. The normalized spacial score (nSPS) is 16.1. The van der Waals surface area contributed by atoms with Crippen molar-refractivity contribution in [2.24, 2.45) is 0 Å². The SMILES string of the molecule is COC(=O)c1cn(-c2ccc(C3=CC(NC(C)=O)ON3)cc2F)nn1. The maximum atomic E-state index is 14.4. The van der Waals surface area contributed by atoms with Gasteiger partial charge in [-0.05, 0) is 18.2 Å². The molecule has 0 radical (unpaired) electrons. The van der Waals surface area contributed by atoms with Crippen molar-refractivity contribution in [1.82, 2.24) is 25.8 Å². The van der Waals surface area contributed by atoms with Gasteiger partial charge in [-0.3, -0.25) is 10.3 Å². The van der Waals surface area contributed by atoms with Crippen LogP contribution in [-0.2, 0) is 14.4 Å². The molecule has 1 amide bonds. The number of carbonyl (C=O) groups excluding carboxylic acids is 2. The van der Waals surface area contributed by atoms with Crippen LogP contribution < -0.4 is 10.8 Å². The maximum Gasteiger partial charge on any atom is 0.360 e. The van der Waals surface area contributed by atoms with Crippen molar-refractivity contribution in [2.45, 2.75) is 13.2 Å². The Bertz CT molecular complexity index is 863. The molecule has 0 saturated heterocycles. The number of ether oxygens (including phenoxy) is 1. The average Bonchev–Trinajstić information content (AvgIpc) is 3.23. The molecule has 0 aliphatic carbocycles. The van der Waals surface area contributed by atoms with E-state index in [9.17, 15) is 14.0 Å². The molecule has 130 valence electrons. The molecule has 0 saturated carbocycles. The number of amides is 1. The lowest BCUT2D eigenvalue weighted by Gasteiger charge is -2.07. The molecule has 1 aliphatic heterocycles. The summed E-state index contributed by atoms with van der Waals surface area (Å²) in [4.78, 5) is 27.6. The zero-order chi connectivity index (χ0) is 18.0. The van der Waals surface area contributed by atoms with Gasteiger partial charge in [-0.15, -0.1) is 5.10 Å². The first-order valence-corrected chi connectivity index (χ1v) is 7.19. The van der Waals surface area contributed by atoms with Crippen LogP contribution in [0.5, 0.6) is 0 Å². The first-order chi connectivity index (χ1) is 12.0. The van der Waals surface area contributed by atoms with E-state index in [1.54, 1.807) is 12.1 Å². The van der Waals surface area contributed by atoms with Crippen molar-refractivity contribution < 1.29 is 23.6 Å². The molecule has 0 spiro atoms. The fourth-order valence-corrected chi connectivity index (χ4v) is 2.21. The highest BCUT2D eigenvalue weighted by Gasteiger charge is 2.20. The molecular formula is C15H14FN5O4. The van der Waals surface area contributed by atoms with Crippen molar-refractivity contribution >= 4 is 17.6 Å². The summed E-state index contributed by atoms with van der Waals surface area (Å²) < 4.78 is 20.1. The molecule has 1 aromatic carbocycles. The Balaban J connectivity index is 1.83. The highest BCUT2D eigenvalue weighted by Crippen LogP contribution is 2.22. The zero-order valence-electron chi connectivity index (χ0n) is 13.3. The van der Waals surface area contributed by atoms with Crippen LogP contribution in [0, 0.1) is 5.82 Å². The van der Waals surface area contributed by atoms with Crippen LogP contribution in [0.25, 0.3) is 11.4 Å². The van der Waals surface area contributed by atoms with Crippen LogP contribution >= 0.6 is 0 Å². The number of methoxy groups -OCH3 is 1. The molecule has 9 nitrogen and oxygen atoms in total. The van der Waals surface area contributed by atoms with Crippen molar-refractivity contribution in [3.8, 4) is 5.69 Å². The second kappa shape index (κ2) is 6.69. The fraction of sp³-hybridized carbons (Fsp3) is 0.200. The van der Waals surface area contributed by atoms with Crippen molar-refractivity contribution in [3.05, 3.63) is 47.5 Å². The van der Waals surface area contributed by atoms with E-state index in [4.69, 9.17) is 4.84 Å². The van der Waals surface area contributed by atoms with Crippen LogP contribution in [-0.4, -0.2) is 40.2 Å². The minimum absolute atomic E-state index is 0.0299. The highest BCUT2D eigenvalue weighted by atomic mass is 19.1. The lowest BCUT2D eigenvalue weighted by Crippen LogP contribution is -2.33. The van der Waals surface area contributed by atoms with Gasteiger partial charge in [0.15, 0.2) is 11.9 Å². The number of hydrogen-bond acceptors (Lipinski definition) is 7. The smallest absolute Gasteiger partial charge is 0.360 e. The zero-order valence-corrected chi connectivity index (χ0v) is 13.3. The minimum atomic E-state index is -0.662. The van der Waals surface area contributed by atoms with E-state index in [0.717, 1.165) is 4.68 Å². The number of carbonyl (C=O) groups is 2. The molecule has 1 aliphatic rings. The number of rotatable bonds is 4. The molecule has 3 rings (SSSR count). The Morgan fingerprint density at radius 1 is 1.44 bits per heavy atom. The number of halogens is 1. The molecule has 2 N–H and O–H groups in total. The molecular weight excluding hydrogens is 333 g/mol. The van der Waals surface area contributed by atoms with Gasteiger partial charge in [-0.25, -0.2) is 18.7 Å². The van der Waals surface area contributed by atoms with E-state index in [1.165, 1.54) is 32.4 Å². The van der Waals surface area contributed by atoms with Crippen LogP contribution in [0.15, 0.2) is 30.5 Å². The monoisotopic (exact) mass is 347 g/mol. The predicted octanol–water partition coefficient (Wildman–Crippen LogP) is 0.531. The number of esters is 1. The van der Waals surface area contributed by atoms with Crippen molar-refractivity contribution in [3.63, 3.8) is 0 Å². The number of hydrogen-bond donors (Lipinski definition) is 2. The summed E-state index contributed by atoms with van der Waals surface area (Å²) in [7, 11) is 1.22. The van der Waals surface area contributed by atoms with E-state index < -0.39 is 18.0 Å². The van der Waals surface area contributed by atoms with Gasteiger partial charge in [0.1, 0.15) is 11.5 Å². The molecule has 2 aromatic rings. The predicted molar refractivity (Wildman–Crippen MR) is 82.5 cm³/mol. The lowest BCUT2D eigenvalue weighted by molar-refractivity contribution is -0.122. The van der Waals surface area contributed by atoms with Gasteiger partial charge in [-0.1, -0.05) is 11.3 Å². The fourth-order valence-electron chi connectivity index (χ4n) is 2.21. The van der Waals surface area contributed by atoms with Crippen LogP contribution in [0.3, 0.4) is 0 Å². The third kappa shape index (κ3) is 3.48. The van der Waals surface area contributed by atoms with Gasteiger partial charge in [0.2, 0.25) is 5.91 Å². The number of hydroxylamine groups is 1. The highest BCUT2D eigenvalue weighted by molar-refractivity contribution is 5.86. The first kappa shape index (κ1) is 16.6. The van der Waals surface area contributed by atoms with E-state index in [-0.39, 0.29) is 17.3 Å². The van der Waals surface area contributed by atoms with Crippen LogP contribution in [0.4, 0.5) is 4.39 Å². The topological polar surface area (TPSA) is 107 Å². The summed E-state index contributed by atoms with van der Waals surface area (Å²) in [5.41, 5.74) is 3.74. The summed E-state index contributed by atoms with van der Waals surface area (Å²) in [6.07, 6.45) is 2.25. The van der Waals surface area contributed by atoms with Gasteiger partial charge < -0.3 is 10.1 Å². The quantitative estimate of drug-likeness (QED) is 0.777. The van der Waals surface area contributed by atoms with E-state index in [2.05, 4.69) is 25.8 Å². The Labute approximate surface area is 141 Å². The average molecular weight is 347 g/mol. The van der Waals surface area contributed by atoms with E-state index in [0.29, 0.717) is 11.3 Å². The van der Waals surface area contributed by atoms with Crippen molar-refractivity contribution in [1.29, 1.82) is 0 Å². The molecule has 25 heavy (non-hydrogen) atoms. The molecule has 0 fully saturated rings. The van der Waals surface area contributed by atoms with Gasteiger partial charge >= 0.3 is 5.97 Å². The Morgan fingerprint density at radius 2 is 2.24 bits per heavy atom. The Hall–Kier alpha value is -3.27. The summed E-state index contributed by atoms with van der Waals surface area (Å²) in [6, 6.07) is 4.39. The Morgan fingerprint density at radius 3 is 2.92 bits per heavy atom. The van der Waals surface area contributed by atoms with E-state index >= 15 is 0 Å². The van der Waals surface area contributed by atoms with Gasteiger partial charge in [0.25, 0.3) is 0 Å². The third-order valence-electron chi connectivity index (χ3n) is 3.35. The number of benzene rings is 1. The standard InChI is InChI=1S/C15H14FN5O4/c1-8(22)17-14-6-11(19-25-14)9-3-4-13(10(16)5-9)21-7-12(18-20-21)15(23)24-2/h3-7,14,19H,1-2H3,(H,17,22). The van der Waals surface area contributed by atoms with Gasteiger partial charge in [-0.2, -0.15) is 0 Å². The maximum absolute atomic E-state index is 14.4. The summed E-state index contributed by atoms with van der Waals surface area (Å²) in [6.45, 7) is 1.37. The molecule has 10 heteroatoms. The second-order valence-corrected chi connectivity index (χ2v) is 5.13. The van der Waals surface area contributed by atoms with Crippen LogP contribution in [0.1, 0.15) is 23.0 Å². The molecule has 1 atom stereocenters. The first-order valence-electron chi connectivity index (χ1n) is 7.19. The van der Waals surface area contributed by atoms with Crippen molar-refractivity contribution in [2.75, 3.05) is 7.11 Å². The van der Waals surface area contributed by atoms with E-state index in [1.807, 2.05) is 0 Å². The third-order valence-corrected chi connectivity index (χ3v) is 3.35. The number of nitrogens with one attached hydrogen (secondary N) is 2. The summed E-state index contributed by atoms with van der Waals surface area (Å²) >= 11 is 0. The molecule has 1 aromatic heterocycles. The summed E-state index contributed by atoms with van der Waals surface area (Å²) in [5.74, 6) is -1.49. The van der Waals surface area contributed by atoms with Crippen LogP contribution in [0.2, 0.25) is 0 Å².